The Morgan fingerprint density at radius 1 is 1.04 bits per heavy atom. The number of carbonyl (C=O) groups excluding carboxylic acids is 3. The molecule has 2 heterocycles. The number of allylic oxidation sites excluding steroid dienone is 1. The number of aliphatic hydroxyl groups is 3. The molecule has 1 aromatic carbocycles. The summed E-state index contributed by atoms with van der Waals surface area (Å²) in [4.78, 5) is 43.8. The Kier molecular flexibility index (Phi) is 8.11. The number of Topliss-reactive ketones (excluding diaryl/α,β-unsaturated/α-hetero) is 2. The Morgan fingerprint density at radius 3 is 2.36 bits per heavy atom. The van der Waals surface area contributed by atoms with Crippen molar-refractivity contribution in [2.24, 2.45) is 17.6 Å². The molecule has 4 atom stereocenters. The predicted molar refractivity (Wildman–Crippen MR) is 167 cm³/mol. The molecule has 1 amide bonds. The first-order valence-electron chi connectivity index (χ1n) is 16.0. The molecule has 0 aromatic heterocycles. The lowest BCUT2D eigenvalue weighted by Gasteiger charge is -2.50. The smallest absolute Gasteiger partial charge is 0.271 e. The van der Waals surface area contributed by atoms with E-state index in [0.29, 0.717) is 5.56 Å². The van der Waals surface area contributed by atoms with E-state index in [1.54, 1.807) is 25.1 Å². The number of amides is 1. The van der Waals surface area contributed by atoms with Crippen LogP contribution in [-0.2, 0) is 16.0 Å². The van der Waals surface area contributed by atoms with Crippen LogP contribution in [0.1, 0.15) is 66.4 Å². The van der Waals surface area contributed by atoms with Gasteiger partial charge in [0.25, 0.3) is 11.7 Å². The number of hydrogen-bond donors (Lipinski definition) is 5. The number of likely N-dealkylation sites (tertiary alicyclic amines) is 1. The minimum atomic E-state index is -2.65. The van der Waals surface area contributed by atoms with Crippen LogP contribution < -0.4 is 5.73 Å². The van der Waals surface area contributed by atoms with E-state index in [-0.39, 0.29) is 29.7 Å². The average molecular weight is 620 g/mol. The number of rotatable bonds is 4. The number of fused-ring (bicyclic) bond motifs is 3. The number of hydrogen-bond acceptors (Lipinski definition) is 8. The first kappa shape index (κ1) is 31.0. The molecule has 45 heavy (non-hydrogen) atoms. The van der Waals surface area contributed by atoms with Crippen molar-refractivity contribution in [2.75, 3.05) is 40.3 Å². The lowest BCUT2D eigenvalue weighted by molar-refractivity contribution is -0.541. The van der Waals surface area contributed by atoms with Gasteiger partial charge in [-0.3, -0.25) is 28.8 Å². The van der Waals surface area contributed by atoms with Crippen molar-refractivity contribution in [3.63, 3.8) is 0 Å². The summed E-state index contributed by atoms with van der Waals surface area (Å²) < 4.78 is 2.44. The number of benzene rings is 1. The van der Waals surface area contributed by atoms with Gasteiger partial charge in [0.1, 0.15) is 22.8 Å². The van der Waals surface area contributed by atoms with Crippen LogP contribution in [0.15, 0.2) is 40.9 Å². The number of piperidine rings is 2. The SMILES string of the molecule is CN(C)[C@@H]1C(O)=C(C(N)=O)C(=O)[C@@]2(O)C(O)=C3C(=O)c4c(O)ccc(/C=C/C(N5CCCCC5)=[N+]5CCCCC5)c4C[C@H]3C[C@@H]12. The van der Waals surface area contributed by atoms with Crippen LogP contribution in [0, 0.1) is 11.8 Å². The number of primary amides is 1. The quantitative estimate of drug-likeness (QED) is 0.193. The van der Waals surface area contributed by atoms with Crippen molar-refractivity contribution in [1.29, 1.82) is 0 Å². The van der Waals surface area contributed by atoms with Gasteiger partial charge in [-0.2, -0.15) is 0 Å². The molecule has 2 aliphatic heterocycles. The van der Waals surface area contributed by atoms with Gasteiger partial charge in [0.05, 0.1) is 37.8 Å². The van der Waals surface area contributed by atoms with Gasteiger partial charge in [0.2, 0.25) is 5.78 Å². The number of nitrogens with zero attached hydrogens (tertiary/aromatic N) is 3. The summed E-state index contributed by atoms with van der Waals surface area (Å²) in [5.41, 5.74) is 3.23. The Labute approximate surface area is 262 Å². The van der Waals surface area contributed by atoms with Crippen molar-refractivity contribution < 1.29 is 39.4 Å². The van der Waals surface area contributed by atoms with E-state index in [9.17, 15) is 34.8 Å². The van der Waals surface area contributed by atoms with E-state index >= 15 is 0 Å². The summed E-state index contributed by atoms with van der Waals surface area (Å²) in [6, 6.07) is 2.22. The minimum Gasteiger partial charge on any atom is -0.510 e. The molecular formula is C34H43N4O7+. The van der Waals surface area contributed by atoms with E-state index in [1.165, 1.54) is 24.7 Å². The van der Waals surface area contributed by atoms with Gasteiger partial charge in [-0.15, -0.1) is 0 Å². The maximum absolute atomic E-state index is 14.1. The van der Waals surface area contributed by atoms with Crippen molar-refractivity contribution in [3.8, 4) is 5.75 Å². The minimum absolute atomic E-state index is 0.0235. The van der Waals surface area contributed by atoms with Gasteiger partial charge in [-0.05, 0) is 94.6 Å². The number of nitrogens with two attached hydrogens (primary N) is 1. The molecule has 11 heteroatoms. The third-order valence-corrected chi connectivity index (χ3v) is 10.4. The van der Waals surface area contributed by atoms with Crippen LogP contribution in [0.4, 0.5) is 0 Å². The molecule has 0 spiro atoms. The van der Waals surface area contributed by atoms with E-state index in [2.05, 4.69) is 15.6 Å². The van der Waals surface area contributed by atoms with Crippen LogP contribution in [-0.4, -0.2) is 110 Å². The van der Waals surface area contributed by atoms with Crippen molar-refractivity contribution in [3.05, 3.63) is 57.6 Å². The van der Waals surface area contributed by atoms with Crippen LogP contribution in [0.2, 0.25) is 0 Å². The third kappa shape index (κ3) is 4.96. The summed E-state index contributed by atoms with van der Waals surface area (Å²) in [6.07, 6.45) is 11.4. The normalized spacial score (nSPS) is 28.8. The van der Waals surface area contributed by atoms with E-state index in [0.717, 1.165) is 57.4 Å². The van der Waals surface area contributed by atoms with E-state index < -0.39 is 58.0 Å². The fraction of sp³-hybridized carbons (Fsp3) is 0.529. The molecule has 5 aliphatic rings. The Hall–Kier alpha value is -3.96. The first-order valence-corrected chi connectivity index (χ1v) is 16.0. The summed E-state index contributed by atoms with van der Waals surface area (Å²) in [6.45, 7) is 3.97. The maximum Gasteiger partial charge on any atom is 0.271 e. The highest BCUT2D eigenvalue weighted by atomic mass is 16.3. The zero-order chi connectivity index (χ0) is 32.2. The van der Waals surface area contributed by atoms with Crippen LogP contribution in [0.25, 0.3) is 6.08 Å². The fourth-order valence-corrected chi connectivity index (χ4v) is 8.25. The average Bonchev–Trinajstić information content (AvgIpc) is 3.01. The van der Waals surface area contributed by atoms with Crippen LogP contribution in [0.5, 0.6) is 5.75 Å². The first-order chi connectivity index (χ1) is 21.5. The number of aromatic hydroxyl groups is 1. The number of amidine groups is 1. The lowest BCUT2D eigenvalue weighted by atomic mass is 9.58. The number of phenols is 1. The molecule has 0 unspecified atom stereocenters. The Morgan fingerprint density at radius 2 is 1.71 bits per heavy atom. The van der Waals surface area contributed by atoms with Gasteiger partial charge in [-0.1, -0.05) is 6.07 Å². The van der Waals surface area contributed by atoms with E-state index in [1.807, 2.05) is 6.08 Å². The van der Waals surface area contributed by atoms with Gasteiger partial charge in [0.15, 0.2) is 11.4 Å². The second kappa shape index (κ2) is 11.8. The molecule has 2 saturated heterocycles. The molecule has 3 aliphatic carbocycles. The summed E-state index contributed by atoms with van der Waals surface area (Å²) >= 11 is 0. The molecule has 240 valence electrons. The van der Waals surface area contributed by atoms with Gasteiger partial charge in [0, 0.05) is 17.6 Å². The van der Waals surface area contributed by atoms with Crippen molar-refractivity contribution in [2.45, 2.75) is 63.0 Å². The molecule has 1 aromatic rings. The highest BCUT2D eigenvalue weighted by Crippen LogP contribution is 2.52. The standard InChI is InChI=1S/C34H42N4O7/c1-36(2)28-22-18-20-17-21-19(10-12-24(37-13-5-3-6-14-37)38-15-7-4-8-16-38)9-11-23(39)26(21)29(40)25(20)31(42)34(22,45)32(43)27(30(28)41)33(35)44/h9-12,20,22,28,45H,3-8,13-18H2,1-2H3,(H4,35,40,41,42,43,44)/p+1/t20-,22-,28-,34-/m0/s1. The topological polar surface area (TPSA) is 168 Å². The summed E-state index contributed by atoms with van der Waals surface area (Å²) in [5, 5.41) is 45.3. The predicted octanol–water partition coefficient (Wildman–Crippen LogP) is 2.21. The third-order valence-electron chi connectivity index (χ3n) is 10.4. The van der Waals surface area contributed by atoms with Crippen molar-refractivity contribution >= 4 is 29.4 Å². The van der Waals surface area contributed by atoms with Crippen LogP contribution in [0.3, 0.4) is 0 Å². The largest absolute Gasteiger partial charge is 0.510 e. The molecule has 2 fully saturated rings. The molecule has 0 bridgehead atoms. The Balaban J connectivity index is 1.44. The van der Waals surface area contributed by atoms with Gasteiger partial charge < -0.3 is 26.2 Å². The Bertz CT molecular complexity index is 1570. The zero-order valence-corrected chi connectivity index (χ0v) is 26.0. The second-order valence-electron chi connectivity index (χ2n) is 13.3. The number of carbonyl (C=O) groups is 3. The molecule has 0 saturated carbocycles. The van der Waals surface area contributed by atoms with Gasteiger partial charge in [-0.25, -0.2) is 0 Å². The molecule has 11 nitrogen and oxygen atoms in total. The van der Waals surface area contributed by atoms with Crippen molar-refractivity contribution in [1.82, 2.24) is 9.80 Å². The fourth-order valence-electron chi connectivity index (χ4n) is 8.25. The van der Waals surface area contributed by atoms with Crippen LogP contribution >= 0.6 is 0 Å². The molecule has 0 radical (unpaired) electrons. The molecular weight excluding hydrogens is 576 g/mol. The second-order valence-corrected chi connectivity index (χ2v) is 13.3. The number of aliphatic hydroxyl groups excluding tert-OH is 2. The van der Waals surface area contributed by atoms with Gasteiger partial charge >= 0.3 is 0 Å². The number of ketones is 2. The summed E-state index contributed by atoms with van der Waals surface area (Å²) in [5.74, 6) is -5.35. The molecule has 6 N–H and O–H groups in total. The summed E-state index contributed by atoms with van der Waals surface area (Å²) in [7, 11) is 3.24. The zero-order valence-electron chi connectivity index (χ0n) is 26.0. The molecule has 6 rings (SSSR count). The maximum atomic E-state index is 14.1. The van der Waals surface area contributed by atoms with E-state index in [4.69, 9.17) is 5.73 Å². The number of likely N-dealkylation sites (N-methyl/N-ethyl adjacent to an activating group) is 1. The highest BCUT2D eigenvalue weighted by molar-refractivity contribution is 6.24. The monoisotopic (exact) mass is 619 g/mol. The number of phenolic OH excluding ortho intramolecular Hbond substituents is 1. The lowest BCUT2D eigenvalue weighted by Crippen LogP contribution is -2.63. The highest BCUT2D eigenvalue weighted by Gasteiger charge is 2.63.